The first kappa shape index (κ1) is 15.7. The van der Waals surface area contributed by atoms with Crippen LogP contribution in [-0.4, -0.2) is 41.1 Å². The predicted octanol–water partition coefficient (Wildman–Crippen LogP) is 2.82. The minimum absolute atomic E-state index is 0.683. The Morgan fingerprint density at radius 3 is 2.52 bits per heavy atom. The van der Waals surface area contributed by atoms with E-state index in [0.29, 0.717) is 6.61 Å². The molecule has 5 nitrogen and oxygen atoms in total. The van der Waals surface area contributed by atoms with Crippen LogP contribution in [0.4, 0.5) is 5.69 Å². The van der Waals surface area contributed by atoms with Crippen LogP contribution in [-0.2, 0) is 0 Å². The molecular weight excluding hydrogens is 288 g/mol. The first-order valence-corrected chi connectivity index (χ1v) is 8.18. The summed E-state index contributed by atoms with van der Waals surface area (Å²) < 4.78 is 6.07. The SMILES string of the molecule is Cc1ncnc(C)c1-c1cc(N)ccc1OCCN1CCCC1. The normalized spacial score (nSPS) is 15.0. The van der Waals surface area contributed by atoms with Crippen LogP contribution in [0.3, 0.4) is 0 Å². The van der Waals surface area contributed by atoms with Gasteiger partial charge in [0.05, 0.1) is 0 Å². The smallest absolute Gasteiger partial charge is 0.127 e. The molecule has 0 aliphatic carbocycles. The van der Waals surface area contributed by atoms with Gasteiger partial charge in [-0.05, 0) is 58.0 Å². The van der Waals surface area contributed by atoms with E-state index >= 15 is 0 Å². The Kier molecular flexibility index (Phi) is 4.76. The number of ether oxygens (including phenoxy) is 1. The van der Waals surface area contributed by atoms with Gasteiger partial charge in [-0.2, -0.15) is 0 Å². The number of aryl methyl sites for hydroxylation is 2. The summed E-state index contributed by atoms with van der Waals surface area (Å²) in [7, 11) is 0. The highest BCUT2D eigenvalue weighted by molar-refractivity contribution is 5.76. The van der Waals surface area contributed by atoms with Crippen molar-refractivity contribution in [3.05, 3.63) is 35.9 Å². The van der Waals surface area contributed by atoms with Crippen LogP contribution < -0.4 is 10.5 Å². The number of nitrogen functional groups attached to an aromatic ring is 1. The van der Waals surface area contributed by atoms with Gasteiger partial charge in [-0.1, -0.05) is 0 Å². The molecule has 2 aromatic rings. The Bertz CT molecular complexity index is 660. The number of hydrogen-bond acceptors (Lipinski definition) is 5. The second kappa shape index (κ2) is 6.96. The minimum Gasteiger partial charge on any atom is -0.492 e. The Morgan fingerprint density at radius 2 is 1.83 bits per heavy atom. The van der Waals surface area contributed by atoms with E-state index in [4.69, 9.17) is 10.5 Å². The number of aromatic nitrogens is 2. The zero-order valence-electron chi connectivity index (χ0n) is 13.9. The fourth-order valence-electron chi connectivity index (χ4n) is 3.14. The van der Waals surface area contributed by atoms with Crippen molar-refractivity contribution in [2.75, 3.05) is 32.0 Å². The Hall–Kier alpha value is -2.14. The second-order valence-corrected chi connectivity index (χ2v) is 6.07. The van der Waals surface area contributed by atoms with Crippen LogP contribution in [0.1, 0.15) is 24.2 Å². The van der Waals surface area contributed by atoms with Crippen molar-refractivity contribution in [3.8, 4) is 16.9 Å². The van der Waals surface area contributed by atoms with Crippen LogP contribution in [0.2, 0.25) is 0 Å². The van der Waals surface area contributed by atoms with E-state index in [2.05, 4.69) is 14.9 Å². The first-order valence-electron chi connectivity index (χ1n) is 8.18. The highest BCUT2D eigenvalue weighted by atomic mass is 16.5. The maximum Gasteiger partial charge on any atom is 0.127 e. The monoisotopic (exact) mass is 312 g/mol. The molecule has 2 N–H and O–H groups in total. The van der Waals surface area contributed by atoms with Gasteiger partial charge in [0, 0.05) is 34.7 Å². The summed E-state index contributed by atoms with van der Waals surface area (Å²) in [6.07, 6.45) is 4.19. The third kappa shape index (κ3) is 3.62. The molecule has 3 rings (SSSR count). The van der Waals surface area contributed by atoms with Crippen molar-refractivity contribution in [2.45, 2.75) is 26.7 Å². The topological polar surface area (TPSA) is 64.3 Å². The lowest BCUT2D eigenvalue weighted by Gasteiger charge is -2.18. The molecule has 2 heterocycles. The van der Waals surface area contributed by atoms with Crippen molar-refractivity contribution in [2.24, 2.45) is 0 Å². The zero-order valence-corrected chi connectivity index (χ0v) is 13.9. The van der Waals surface area contributed by atoms with E-state index in [1.165, 1.54) is 25.9 Å². The Labute approximate surface area is 137 Å². The minimum atomic E-state index is 0.683. The van der Waals surface area contributed by atoms with Crippen molar-refractivity contribution in [1.82, 2.24) is 14.9 Å². The van der Waals surface area contributed by atoms with Crippen LogP contribution in [0.5, 0.6) is 5.75 Å². The van der Waals surface area contributed by atoms with E-state index in [-0.39, 0.29) is 0 Å². The lowest BCUT2D eigenvalue weighted by atomic mass is 10.0. The molecule has 23 heavy (non-hydrogen) atoms. The lowest BCUT2D eigenvalue weighted by Crippen LogP contribution is -2.25. The van der Waals surface area contributed by atoms with E-state index < -0.39 is 0 Å². The van der Waals surface area contributed by atoms with Gasteiger partial charge in [-0.15, -0.1) is 0 Å². The maximum atomic E-state index is 6.07. The summed E-state index contributed by atoms with van der Waals surface area (Å²) in [5.41, 5.74) is 10.6. The average molecular weight is 312 g/mol. The van der Waals surface area contributed by atoms with E-state index in [0.717, 1.165) is 40.5 Å². The molecule has 1 fully saturated rings. The molecule has 0 unspecified atom stereocenters. The predicted molar refractivity (Wildman–Crippen MR) is 92.5 cm³/mol. The van der Waals surface area contributed by atoms with E-state index in [9.17, 15) is 0 Å². The quantitative estimate of drug-likeness (QED) is 0.860. The lowest BCUT2D eigenvalue weighted by molar-refractivity contribution is 0.238. The Balaban J connectivity index is 1.83. The highest BCUT2D eigenvalue weighted by Gasteiger charge is 2.15. The summed E-state index contributed by atoms with van der Waals surface area (Å²) in [5, 5.41) is 0. The summed E-state index contributed by atoms with van der Waals surface area (Å²) in [6, 6.07) is 5.77. The molecule has 5 heteroatoms. The molecule has 0 saturated carbocycles. The van der Waals surface area contributed by atoms with Gasteiger partial charge in [0.25, 0.3) is 0 Å². The molecule has 1 aromatic heterocycles. The van der Waals surface area contributed by atoms with Crippen LogP contribution in [0, 0.1) is 13.8 Å². The molecule has 1 aromatic carbocycles. The fraction of sp³-hybridized carbons (Fsp3) is 0.444. The van der Waals surface area contributed by atoms with Gasteiger partial charge in [-0.25, -0.2) is 9.97 Å². The second-order valence-electron chi connectivity index (χ2n) is 6.07. The molecule has 122 valence electrons. The Morgan fingerprint density at radius 1 is 1.13 bits per heavy atom. The number of nitrogens with two attached hydrogens (primary N) is 1. The fourth-order valence-corrected chi connectivity index (χ4v) is 3.14. The number of hydrogen-bond donors (Lipinski definition) is 1. The summed E-state index contributed by atoms with van der Waals surface area (Å²) in [6.45, 7) is 7.99. The molecule has 0 spiro atoms. The summed E-state index contributed by atoms with van der Waals surface area (Å²) in [5.74, 6) is 0.847. The molecule has 0 atom stereocenters. The number of rotatable bonds is 5. The van der Waals surface area contributed by atoms with Crippen molar-refractivity contribution < 1.29 is 4.74 Å². The largest absolute Gasteiger partial charge is 0.492 e. The van der Waals surface area contributed by atoms with Crippen molar-refractivity contribution in [3.63, 3.8) is 0 Å². The van der Waals surface area contributed by atoms with Crippen LogP contribution in [0.25, 0.3) is 11.1 Å². The third-order valence-corrected chi connectivity index (χ3v) is 4.36. The van der Waals surface area contributed by atoms with Gasteiger partial charge >= 0.3 is 0 Å². The molecule has 0 bridgehead atoms. The molecule has 1 saturated heterocycles. The zero-order chi connectivity index (χ0) is 16.2. The van der Waals surface area contributed by atoms with Gasteiger partial charge < -0.3 is 10.5 Å². The van der Waals surface area contributed by atoms with Gasteiger partial charge in [0.15, 0.2) is 0 Å². The molecular formula is C18H24N4O. The van der Waals surface area contributed by atoms with Gasteiger partial charge in [0.1, 0.15) is 18.7 Å². The van der Waals surface area contributed by atoms with Gasteiger partial charge in [0.2, 0.25) is 0 Å². The van der Waals surface area contributed by atoms with Crippen molar-refractivity contribution >= 4 is 5.69 Å². The third-order valence-electron chi connectivity index (χ3n) is 4.36. The highest BCUT2D eigenvalue weighted by Crippen LogP contribution is 2.34. The number of anilines is 1. The van der Waals surface area contributed by atoms with Crippen LogP contribution >= 0.6 is 0 Å². The maximum absolute atomic E-state index is 6.07. The van der Waals surface area contributed by atoms with Crippen molar-refractivity contribution in [1.29, 1.82) is 0 Å². The van der Waals surface area contributed by atoms with Gasteiger partial charge in [-0.3, -0.25) is 4.90 Å². The molecule has 0 radical (unpaired) electrons. The molecule has 0 amide bonds. The average Bonchev–Trinajstić information content (AvgIpc) is 3.02. The van der Waals surface area contributed by atoms with E-state index in [1.54, 1.807) is 6.33 Å². The summed E-state index contributed by atoms with van der Waals surface area (Å²) in [4.78, 5) is 11.1. The van der Waals surface area contributed by atoms with Crippen LogP contribution in [0.15, 0.2) is 24.5 Å². The van der Waals surface area contributed by atoms with E-state index in [1.807, 2.05) is 32.0 Å². The number of benzene rings is 1. The number of nitrogens with zero attached hydrogens (tertiary/aromatic N) is 3. The molecule has 1 aliphatic rings. The first-order chi connectivity index (χ1) is 11.1. The number of likely N-dealkylation sites (tertiary alicyclic amines) is 1. The molecule has 1 aliphatic heterocycles. The standard InChI is InChI=1S/C18H24N4O/c1-13-18(14(2)21-12-20-13)16-11-15(19)5-6-17(16)23-10-9-22-7-3-4-8-22/h5-6,11-12H,3-4,7-10,19H2,1-2H3. The summed E-state index contributed by atoms with van der Waals surface area (Å²) >= 11 is 0.